The Labute approximate surface area is 124 Å². The molecule has 0 radical (unpaired) electrons. The lowest BCUT2D eigenvalue weighted by atomic mass is 9.79. The van der Waals surface area contributed by atoms with E-state index >= 15 is 0 Å². The Morgan fingerprint density at radius 3 is 2.15 bits per heavy atom. The van der Waals surface area contributed by atoms with E-state index in [4.69, 9.17) is 0 Å². The van der Waals surface area contributed by atoms with Crippen LogP contribution in [0, 0.1) is 23.7 Å². The van der Waals surface area contributed by atoms with E-state index in [1.54, 1.807) is 0 Å². The van der Waals surface area contributed by atoms with Crippen LogP contribution in [0.15, 0.2) is 0 Å². The smallest absolute Gasteiger partial charge is 0.225 e. The van der Waals surface area contributed by atoms with Gasteiger partial charge in [-0.2, -0.15) is 0 Å². The first-order valence-electron chi connectivity index (χ1n) is 8.48. The van der Waals surface area contributed by atoms with Crippen molar-refractivity contribution in [3.8, 4) is 0 Å². The van der Waals surface area contributed by atoms with Gasteiger partial charge in [-0.3, -0.25) is 4.79 Å². The summed E-state index contributed by atoms with van der Waals surface area (Å²) in [5.41, 5.74) is 0. The van der Waals surface area contributed by atoms with Crippen LogP contribution >= 0.6 is 0 Å². The fraction of sp³-hybridized carbons (Fsp3) is 0.941. The van der Waals surface area contributed by atoms with Crippen LogP contribution in [0.1, 0.15) is 47.0 Å². The molecule has 3 heteroatoms. The molecule has 0 saturated carbocycles. The maximum absolute atomic E-state index is 12.0. The van der Waals surface area contributed by atoms with E-state index in [2.05, 4.69) is 23.6 Å². The van der Waals surface area contributed by atoms with Crippen molar-refractivity contribution >= 4 is 5.91 Å². The Morgan fingerprint density at radius 1 is 1.05 bits per heavy atom. The summed E-state index contributed by atoms with van der Waals surface area (Å²) in [6.07, 6.45) is 3.77. The van der Waals surface area contributed by atoms with Crippen molar-refractivity contribution in [3.63, 3.8) is 0 Å². The number of nitrogens with zero attached hydrogens (tertiary/aromatic N) is 2. The average molecular weight is 280 g/mol. The monoisotopic (exact) mass is 280 g/mol. The highest BCUT2D eigenvalue weighted by molar-refractivity contribution is 5.78. The van der Waals surface area contributed by atoms with Crippen LogP contribution in [-0.4, -0.2) is 48.4 Å². The third-order valence-electron chi connectivity index (χ3n) is 5.02. The maximum Gasteiger partial charge on any atom is 0.225 e. The normalized spacial score (nSPS) is 22.6. The molecule has 20 heavy (non-hydrogen) atoms. The van der Waals surface area contributed by atoms with E-state index in [0.29, 0.717) is 5.91 Å². The Hall–Kier alpha value is -0.570. The second-order valence-electron chi connectivity index (χ2n) is 7.52. The van der Waals surface area contributed by atoms with Crippen molar-refractivity contribution in [1.82, 2.24) is 9.80 Å². The van der Waals surface area contributed by atoms with Gasteiger partial charge in [0.15, 0.2) is 0 Å². The molecular formula is C17H32N2O. The van der Waals surface area contributed by atoms with Gasteiger partial charge in [-0.1, -0.05) is 27.7 Å². The molecule has 1 amide bonds. The van der Waals surface area contributed by atoms with Crippen molar-refractivity contribution in [1.29, 1.82) is 0 Å². The zero-order valence-corrected chi connectivity index (χ0v) is 13.8. The minimum Gasteiger partial charge on any atom is -0.342 e. The molecule has 2 aliphatic rings. The fourth-order valence-corrected chi connectivity index (χ4v) is 3.49. The van der Waals surface area contributed by atoms with Crippen molar-refractivity contribution in [3.05, 3.63) is 0 Å². The van der Waals surface area contributed by atoms with Crippen molar-refractivity contribution in [2.75, 3.05) is 32.7 Å². The Balaban J connectivity index is 1.65. The number of carbonyl (C=O) groups excluding carboxylic acids is 1. The van der Waals surface area contributed by atoms with Crippen molar-refractivity contribution < 1.29 is 4.79 Å². The van der Waals surface area contributed by atoms with Gasteiger partial charge in [-0.05, 0) is 43.6 Å². The molecule has 0 aromatic carbocycles. The number of hydrogen-bond donors (Lipinski definition) is 0. The largest absolute Gasteiger partial charge is 0.342 e. The molecule has 0 aliphatic carbocycles. The van der Waals surface area contributed by atoms with Gasteiger partial charge in [0.25, 0.3) is 0 Å². The molecule has 0 atom stereocenters. The maximum atomic E-state index is 12.0. The molecule has 2 fully saturated rings. The lowest BCUT2D eigenvalue weighted by molar-refractivity contribution is -0.136. The van der Waals surface area contributed by atoms with Gasteiger partial charge in [0, 0.05) is 32.1 Å². The summed E-state index contributed by atoms with van der Waals surface area (Å²) in [5.74, 6) is 3.08. The van der Waals surface area contributed by atoms with E-state index in [1.807, 2.05) is 13.8 Å². The highest BCUT2D eigenvalue weighted by Crippen LogP contribution is 2.32. The van der Waals surface area contributed by atoms with Gasteiger partial charge in [-0.25, -0.2) is 0 Å². The zero-order valence-electron chi connectivity index (χ0n) is 13.8. The molecule has 0 N–H and O–H groups in total. The molecule has 2 rings (SSSR count). The Kier molecular flexibility index (Phi) is 5.48. The number of rotatable bonds is 5. The molecule has 2 heterocycles. The molecule has 0 unspecified atom stereocenters. The topological polar surface area (TPSA) is 23.6 Å². The second kappa shape index (κ2) is 6.93. The lowest BCUT2D eigenvalue weighted by Gasteiger charge is -2.46. The highest BCUT2D eigenvalue weighted by atomic mass is 16.2. The molecule has 2 aliphatic heterocycles. The third kappa shape index (κ3) is 3.97. The van der Waals surface area contributed by atoms with Gasteiger partial charge in [0.05, 0.1) is 0 Å². The minimum absolute atomic E-state index is 0.154. The minimum atomic E-state index is 0.154. The van der Waals surface area contributed by atoms with Crippen LogP contribution in [0.3, 0.4) is 0 Å². The van der Waals surface area contributed by atoms with Gasteiger partial charge >= 0.3 is 0 Å². The Bertz CT molecular complexity index is 313. The average Bonchev–Trinajstić information content (AvgIpc) is 2.36. The highest BCUT2D eigenvalue weighted by Gasteiger charge is 2.35. The van der Waals surface area contributed by atoms with Crippen LogP contribution in [0.25, 0.3) is 0 Å². The van der Waals surface area contributed by atoms with E-state index in [0.717, 1.165) is 30.8 Å². The Morgan fingerprint density at radius 2 is 1.65 bits per heavy atom. The van der Waals surface area contributed by atoms with E-state index in [-0.39, 0.29) is 5.92 Å². The number of likely N-dealkylation sites (tertiary alicyclic amines) is 2. The molecule has 0 aromatic heterocycles. The van der Waals surface area contributed by atoms with Crippen LogP contribution in [0.2, 0.25) is 0 Å². The van der Waals surface area contributed by atoms with Crippen molar-refractivity contribution in [2.45, 2.75) is 47.0 Å². The second-order valence-corrected chi connectivity index (χ2v) is 7.52. The quantitative estimate of drug-likeness (QED) is 0.773. The molecule has 0 bridgehead atoms. The molecule has 3 nitrogen and oxygen atoms in total. The number of carbonyl (C=O) groups is 1. The molecule has 2 saturated heterocycles. The first-order valence-corrected chi connectivity index (χ1v) is 8.48. The van der Waals surface area contributed by atoms with E-state index in [1.165, 1.54) is 38.9 Å². The standard InChI is InChI=1S/C17H32N2O/c1-13(2)5-8-18-11-16(12-18)15-6-9-19(10-7-15)17(20)14(3)4/h13-16H,5-12H2,1-4H3. The first kappa shape index (κ1) is 15.8. The van der Waals surface area contributed by atoms with Crippen LogP contribution in [0.5, 0.6) is 0 Å². The summed E-state index contributed by atoms with van der Waals surface area (Å²) in [6, 6.07) is 0. The summed E-state index contributed by atoms with van der Waals surface area (Å²) >= 11 is 0. The lowest BCUT2D eigenvalue weighted by Crippen LogP contribution is -2.53. The molecule has 116 valence electrons. The predicted molar refractivity (Wildman–Crippen MR) is 83.5 cm³/mol. The first-order chi connectivity index (χ1) is 9.47. The van der Waals surface area contributed by atoms with Crippen molar-refractivity contribution in [2.24, 2.45) is 23.7 Å². The SMILES string of the molecule is CC(C)CCN1CC(C2CCN(C(=O)C(C)C)CC2)C1. The van der Waals surface area contributed by atoms with Gasteiger partial charge < -0.3 is 9.80 Å². The molecule has 0 aromatic rings. The van der Waals surface area contributed by atoms with Crippen LogP contribution in [0.4, 0.5) is 0 Å². The van der Waals surface area contributed by atoms with Gasteiger partial charge in [0.1, 0.15) is 0 Å². The van der Waals surface area contributed by atoms with Gasteiger partial charge in [0.2, 0.25) is 5.91 Å². The number of hydrogen-bond acceptors (Lipinski definition) is 2. The van der Waals surface area contributed by atoms with E-state index < -0.39 is 0 Å². The van der Waals surface area contributed by atoms with Crippen LogP contribution in [-0.2, 0) is 4.79 Å². The third-order valence-corrected chi connectivity index (χ3v) is 5.02. The van der Waals surface area contributed by atoms with Crippen LogP contribution < -0.4 is 0 Å². The zero-order chi connectivity index (χ0) is 14.7. The summed E-state index contributed by atoms with van der Waals surface area (Å²) in [6.45, 7) is 14.5. The summed E-state index contributed by atoms with van der Waals surface area (Å²) in [7, 11) is 0. The van der Waals surface area contributed by atoms with E-state index in [9.17, 15) is 4.79 Å². The summed E-state index contributed by atoms with van der Waals surface area (Å²) < 4.78 is 0. The molecule has 0 spiro atoms. The summed E-state index contributed by atoms with van der Waals surface area (Å²) in [4.78, 5) is 16.7. The fourth-order valence-electron chi connectivity index (χ4n) is 3.49. The summed E-state index contributed by atoms with van der Waals surface area (Å²) in [5, 5.41) is 0. The van der Waals surface area contributed by atoms with Gasteiger partial charge in [-0.15, -0.1) is 0 Å². The molecular weight excluding hydrogens is 248 g/mol. The number of piperidine rings is 1. The predicted octanol–water partition coefficient (Wildman–Crippen LogP) is 2.86. The number of amides is 1.